The highest BCUT2D eigenvalue weighted by molar-refractivity contribution is 7.87. The monoisotopic (exact) mass is 278 g/mol. The van der Waals surface area contributed by atoms with Gasteiger partial charge in [0.15, 0.2) is 5.78 Å². The third-order valence-corrected chi connectivity index (χ3v) is 4.22. The first-order valence-electron chi connectivity index (χ1n) is 5.61. The second-order valence-electron chi connectivity index (χ2n) is 4.22. The molecule has 2 aromatic carbocycles. The molecule has 0 spiro atoms. The van der Waals surface area contributed by atoms with E-state index in [0.717, 1.165) is 5.39 Å². The van der Waals surface area contributed by atoms with Gasteiger partial charge in [0.25, 0.3) is 6.29 Å². The molecule has 1 heterocycles. The molecule has 0 radical (unpaired) electrons. The minimum atomic E-state index is -4.01. The fourth-order valence-corrected chi connectivity index (χ4v) is 3.34. The zero-order valence-electron chi connectivity index (χ0n) is 9.99. The minimum absolute atomic E-state index is 0.0249. The summed E-state index contributed by atoms with van der Waals surface area (Å²) in [6, 6.07) is 10.3. The molecule has 1 aliphatic heterocycles. The Morgan fingerprint density at radius 3 is 2.63 bits per heavy atom. The molecule has 19 heavy (non-hydrogen) atoms. The van der Waals surface area contributed by atoms with Crippen LogP contribution in [0.4, 0.5) is 0 Å². The van der Waals surface area contributed by atoms with Gasteiger partial charge in [0.2, 0.25) is 0 Å². The highest BCUT2D eigenvalue weighted by Crippen LogP contribution is 2.37. The summed E-state index contributed by atoms with van der Waals surface area (Å²) in [5.41, 5.74) is 0. The number of fused-ring (bicyclic) bond motifs is 3. The molecule has 0 aliphatic carbocycles. The summed E-state index contributed by atoms with van der Waals surface area (Å²) in [5, 5.41) is 1.28. The normalized spacial score (nSPS) is 20.6. The van der Waals surface area contributed by atoms with Gasteiger partial charge in [-0.15, -0.1) is 0 Å². The van der Waals surface area contributed by atoms with Crippen molar-refractivity contribution in [2.45, 2.75) is 18.1 Å². The van der Waals surface area contributed by atoms with E-state index in [0.29, 0.717) is 5.39 Å². The zero-order valence-corrected chi connectivity index (χ0v) is 10.8. The van der Waals surface area contributed by atoms with Crippen LogP contribution in [0.5, 0.6) is 5.75 Å². The summed E-state index contributed by atoms with van der Waals surface area (Å²) >= 11 is 0. The van der Waals surface area contributed by atoms with Crippen LogP contribution in [0.3, 0.4) is 0 Å². The molecular formula is C13H10O5S. The largest absolute Gasteiger partial charge is 0.455 e. The Morgan fingerprint density at radius 2 is 1.89 bits per heavy atom. The van der Waals surface area contributed by atoms with Gasteiger partial charge in [-0.2, -0.15) is 8.42 Å². The third-order valence-electron chi connectivity index (χ3n) is 2.87. The Morgan fingerprint density at radius 1 is 1.16 bits per heavy atom. The smallest absolute Gasteiger partial charge is 0.304 e. The maximum Gasteiger partial charge on any atom is 0.304 e. The minimum Gasteiger partial charge on any atom is -0.455 e. The molecule has 3 rings (SSSR count). The summed E-state index contributed by atoms with van der Waals surface area (Å²) in [5.74, 6) is -0.354. The van der Waals surface area contributed by atoms with Gasteiger partial charge in [0, 0.05) is 12.3 Å². The van der Waals surface area contributed by atoms with Gasteiger partial charge in [0.05, 0.1) is 0 Å². The average Bonchev–Trinajstić information content (AvgIpc) is 2.36. The molecule has 2 aromatic rings. The highest BCUT2D eigenvalue weighted by atomic mass is 32.2. The Bertz CT molecular complexity index is 779. The van der Waals surface area contributed by atoms with Crippen molar-refractivity contribution in [3.63, 3.8) is 0 Å². The molecule has 0 saturated heterocycles. The zero-order chi connectivity index (χ0) is 13.6. The van der Waals surface area contributed by atoms with Crippen molar-refractivity contribution in [3.8, 4) is 5.75 Å². The van der Waals surface area contributed by atoms with E-state index < -0.39 is 22.2 Å². The molecule has 0 bridgehead atoms. The molecule has 0 amide bonds. The van der Waals surface area contributed by atoms with E-state index in [9.17, 15) is 13.2 Å². The van der Waals surface area contributed by atoms with Gasteiger partial charge < -0.3 is 4.74 Å². The summed E-state index contributed by atoms with van der Waals surface area (Å²) in [7, 11) is -4.01. The van der Waals surface area contributed by atoms with Gasteiger partial charge in [-0.25, -0.2) is 4.18 Å². The molecule has 6 heteroatoms. The van der Waals surface area contributed by atoms with Crippen molar-refractivity contribution in [1.82, 2.24) is 0 Å². The van der Waals surface area contributed by atoms with E-state index >= 15 is 0 Å². The van der Waals surface area contributed by atoms with Crippen molar-refractivity contribution in [3.05, 3.63) is 36.4 Å². The molecule has 0 N–H and O–H groups in total. The summed E-state index contributed by atoms with van der Waals surface area (Å²) in [6.45, 7) is 1.21. The number of rotatable bonds is 1. The summed E-state index contributed by atoms with van der Waals surface area (Å²) in [6.07, 6.45) is -1.40. The summed E-state index contributed by atoms with van der Waals surface area (Å²) in [4.78, 5) is 11.2. The van der Waals surface area contributed by atoms with Gasteiger partial charge in [-0.05, 0) is 11.5 Å². The van der Waals surface area contributed by atoms with Crippen molar-refractivity contribution < 1.29 is 22.1 Å². The number of ketones is 1. The van der Waals surface area contributed by atoms with Crippen LogP contribution >= 0.6 is 0 Å². The number of carbonyl (C=O) groups is 1. The predicted octanol–water partition coefficient (Wildman–Crippen LogP) is 1.85. The fraction of sp³-hybridized carbons (Fsp3) is 0.154. The van der Waals surface area contributed by atoms with Crippen LogP contribution in [0, 0.1) is 0 Å². The lowest BCUT2D eigenvalue weighted by Gasteiger charge is -2.24. The fourth-order valence-electron chi connectivity index (χ4n) is 2.02. The molecule has 1 unspecified atom stereocenters. The van der Waals surface area contributed by atoms with Crippen molar-refractivity contribution >= 4 is 26.7 Å². The topological polar surface area (TPSA) is 69.7 Å². The average molecular weight is 278 g/mol. The van der Waals surface area contributed by atoms with Crippen LogP contribution in [0.1, 0.15) is 6.92 Å². The number of hydrogen-bond acceptors (Lipinski definition) is 5. The number of benzene rings is 2. The van der Waals surface area contributed by atoms with Gasteiger partial charge in [0.1, 0.15) is 10.6 Å². The number of Topliss-reactive ketones (excluding diaryl/α,β-unsaturated/α-hetero) is 1. The lowest BCUT2D eigenvalue weighted by atomic mass is 10.1. The number of hydrogen-bond donors (Lipinski definition) is 0. The van der Waals surface area contributed by atoms with E-state index in [1.807, 2.05) is 6.07 Å². The Balaban J connectivity index is 2.31. The van der Waals surface area contributed by atoms with E-state index in [1.165, 1.54) is 13.0 Å². The third kappa shape index (κ3) is 1.89. The number of ether oxygens (including phenoxy) is 1. The lowest BCUT2D eigenvalue weighted by molar-refractivity contribution is -0.136. The van der Waals surface area contributed by atoms with E-state index in [1.54, 1.807) is 24.3 Å². The summed E-state index contributed by atoms with van der Waals surface area (Å²) < 4.78 is 34.4. The maximum atomic E-state index is 12.1. The van der Waals surface area contributed by atoms with E-state index in [2.05, 4.69) is 0 Å². The standard InChI is InChI=1S/C13H10O5S/c1-8(14)13-17-11-7-6-9-4-2-3-5-10(9)12(11)19(15,16)18-13/h2-7,13H,1H3. The van der Waals surface area contributed by atoms with Crippen LogP contribution < -0.4 is 4.74 Å². The molecule has 5 nitrogen and oxygen atoms in total. The lowest BCUT2D eigenvalue weighted by Crippen LogP contribution is -2.35. The first-order valence-corrected chi connectivity index (χ1v) is 7.02. The SMILES string of the molecule is CC(=O)C1Oc2ccc3ccccc3c2S(=O)(=O)O1. The van der Waals surface area contributed by atoms with Gasteiger partial charge in [-0.3, -0.25) is 4.79 Å². The predicted molar refractivity (Wildman–Crippen MR) is 67.3 cm³/mol. The Labute approximate surface area is 109 Å². The van der Waals surface area contributed by atoms with Crippen molar-refractivity contribution in [2.75, 3.05) is 0 Å². The van der Waals surface area contributed by atoms with E-state index in [-0.39, 0.29) is 10.6 Å². The van der Waals surface area contributed by atoms with Crippen LogP contribution in [0.25, 0.3) is 10.8 Å². The molecule has 1 atom stereocenters. The quantitative estimate of drug-likeness (QED) is 0.745. The molecule has 0 aromatic heterocycles. The van der Waals surface area contributed by atoms with Crippen molar-refractivity contribution in [1.29, 1.82) is 0 Å². The van der Waals surface area contributed by atoms with Crippen LogP contribution in [0.2, 0.25) is 0 Å². The highest BCUT2D eigenvalue weighted by Gasteiger charge is 2.36. The van der Waals surface area contributed by atoms with Crippen LogP contribution in [-0.2, 0) is 19.1 Å². The Hall–Kier alpha value is -1.92. The first kappa shape index (κ1) is 12.1. The molecule has 0 saturated carbocycles. The first-order chi connectivity index (χ1) is 8.99. The Kier molecular flexibility index (Phi) is 2.58. The van der Waals surface area contributed by atoms with Crippen LogP contribution in [-0.4, -0.2) is 20.5 Å². The maximum absolute atomic E-state index is 12.1. The number of carbonyl (C=O) groups excluding carboxylic acids is 1. The molecule has 98 valence electrons. The van der Waals surface area contributed by atoms with Crippen molar-refractivity contribution in [2.24, 2.45) is 0 Å². The molecule has 0 fully saturated rings. The second-order valence-corrected chi connectivity index (χ2v) is 5.73. The van der Waals surface area contributed by atoms with Gasteiger partial charge in [-0.1, -0.05) is 30.3 Å². The molecule has 1 aliphatic rings. The second kappa shape index (κ2) is 4.04. The molecular weight excluding hydrogens is 268 g/mol. The van der Waals surface area contributed by atoms with E-state index in [4.69, 9.17) is 8.92 Å². The van der Waals surface area contributed by atoms with Crippen LogP contribution in [0.15, 0.2) is 41.3 Å². The van der Waals surface area contributed by atoms with Gasteiger partial charge >= 0.3 is 10.1 Å².